The zero-order valence-corrected chi connectivity index (χ0v) is 17.2. The molecule has 0 bridgehead atoms. The number of aliphatic carboxylic acids is 2. The summed E-state index contributed by atoms with van der Waals surface area (Å²) in [6.45, 7) is 2.55. The Hall–Kier alpha value is -2.45. The van der Waals surface area contributed by atoms with E-state index in [4.69, 9.17) is 4.74 Å². The molecular weight excluding hydrogens is 388 g/mol. The van der Waals surface area contributed by atoms with Crippen LogP contribution in [-0.4, -0.2) is 70.3 Å². The highest BCUT2D eigenvalue weighted by Crippen LogP contribution is 2.34. The van der Waals surface area contributed by atoms with Gasteiger partial charge in [0.15, 0.2) is 0 Å². The average Bonchev–Trinajstić information content (AvgIpc) is 2.75. The normalized spacial score (nSPS) is 25.8. The number of hydrogen-bond donors (Lipinski definition) is 3. The first-order valence-corrected chi connectivity index (χ1v) is 10.5. The summed E-state index contributed by atoms with van der Waals surface area (Å²) in [5, 5.41) is 22.2. The average molecular weight is 418 g/mol. The quantitative estimate of drug-likeness (QED) is 0.586. The first-order chi connectivity index (χ1) is 14.4. The lowest BCUT2D eigenvalue weighted by molar-refractivity contribution is -0.163. The number of carboxylic acids is 2. The van der Waals surface area contributed by atoms with Crippen LogP contribution in [0, 0.1) is 5.92 Å². The van der Waals surface area contributed by atoms with Crippen molar-refractivity contribution in [2.45, 2.75) is 63.2 Å². The Kier molecular flexibility index (Phi) is 7.44. The Morgan fingerprint density at radius 3 is 2.57 bits per heavy atom. The number of aryl methyl sites for hydroxylation is 1. The molecule has 0 saturated carbocycles. The fourth-order valence-electron chi connectivity index (χ4n) is 4.54. The van der Waals surface area contributed by atoms with E-state index < -0.39 is 30.1 Å². The molecule has 2 aliphatic rings. The minimum absolute atomic E-state index is 0.221. The summed E-state index contributed by atoms with van der Waals surface area (Å²) in [7, 11) is 0. The van der Waals surface area contributed by atoms with Gasteiger partial charge < -0.3 is 19.8 Å². The van der Waals surface area contributed by atoms with Gasteiger partial charge in [-0.05, 0) is 50.5 Å². The van der Waals surface area contributed by atoms with Gasteiger partial charge in [0.1, 0.15) is 12.1 Å². The molecule has 1 aromatic rings. The first kappa shape index (κ1) is 22.2. The molecule has 4 unspecified atom stereocenters. The molecule has 1 aromatic carbocycles. The minimum atomic E-state index is -1.03. The van der Waals surface area contributed by atoms with E-state index in [1.165, 1.54) is 4.90 Å². The number of carboxylic acid groups (broad SMARTS) is 2. The van der Waals surface area contributed by atoms with E-state index >= 15 is 0 Å². The van der Waals surface area contributed by atoms with Crippen LogP contribution in [0.4, 0.5) is 0 Å². The summed E-state index contributed by atoms with van der Waals surface area (Å²) in [5.41, 5.74) is 1.02. The lowest BCUT2D eigenvalue weighted by atomic mass is 9.82. The summed E-state index contributed by atoms with van der Waals surface area (Å²) in [4.78, 5) is 38.2. The van der Waals surface area contributed by atoms with E-state index in [9.17, 15) is 24.6 Å². The number of carbonyl (C=O) groups is 3. The molecule has 2 fully saturated rings. The Labute approximate surface area is 176 Å². The predicted octanol–water partition coefficient (Wildman–Crippen LogP) is 1.53. The summed E-state index contributed by atoms with van der Waals surface area (Å²) in [6.07, 6.45) is 2.86. The molecule has 1 amide bonds. The van der Waals surface area contributed by atoms with Gasteiger partial charge in [-0.3, -0.25) is 14.9 Å². The van der Waals surface area contributed by atoms with Gasteiger partial charge in [-0.1, -0.05) is 30.3 Å². The number of rotatable bonds is 8. The number of hydrogen-bond acceptors (Lipinski definition) is 5. The van der Waals surface area contributed by atoms with Crippen molar-refractivity contribution >= 4 is 17.8 Å². The highest BCUT2D eigenvalue weighted by Gasteiger charge is 2.45. The second kappa shape index (κ2) is 10.0. The van der Waals surface area contributed by atoms with Gasteiger partial charge in [-0.2, -0.15) is 0 Å². The second-order valence-electron chi connectivity index (χ2n) is 8.17. The zero-order valence-electron chi connectivity index (χ0n) is 17.2. The standard InChI is InChI=1S/C22H30N2O6/c1-14(23-17(21(26)27)9-7-15-5-3-2-4-6-15)20(25)24-18(22(28)29)10-8-16-11-12-30-13-19(16)24/h2-6,14,16-19,23H,7-13H2,1H3,(H,26,27)(H,28,29)/t14-,16?,17?,18?,19?/m0/s1. The number of carbonyl (C=O) groups excluding carboxylic acids is 1. The zero-order chi connectivity index (χ0) is 21.7. The molecule has 8 heteroatoms. The van der Waals surface area contributed by atoms with Crippen molar-refractivity contribution in [2.24, 2.45) is 5.92 Å². The number of nitrogens with one attached hydrogen (secondary N) is 1. The van der Waals surface area contributed by atoms with Crippen molar-refractivity contribution in [2.75, 3.05) is 13.2 Å². The number of piperidine rings is 1. The number of benzene rings is 1. The minimum Gasteiger partial charge on any atom is -0.480 e. The Bertz CT molecular complexity index is 755. The van der Waals surface area contributed by atoms with E-state index in [-0.39, 0.29) is 17.9 Å². The van der Waals surface area contributed by atoms with E-state index in [2.05, 4.69) is 5.32 Å². The van der Waals surface area contributed by atoms with Gasteiger partial charge in [0.2, 0.25) is 5.91 Å². The Balaban J connectivity index is 1.69. The monoisotopic (exact) mass is 418 g/mol. The van der Waals surface area contributed by atoms with Crippen LogP contribution in [-0.2, 0) is 25.5 Å². The molecular formula is C22H30N2O6. The molecule has 0 aromatic heterocycles. The van der Waals surface area contributed by atoms with Gasteiger partial charge >= 0.3 is 11.9 Å². The maximum atomic E-state index is 13.3. The summed E-state index contributed by atoms with van der Waals surface area (Å²) < 4.78 is 5.53. The SMILES string of the molecule is C[C@H](NC(CCc1ccccc1)C(=O)O)C(=O)N1C(C(=O)O)CCC2CCOCC21. The van der Waals surface area contributed by atoms with Gasteiger partial charge in [0, 0.05) is 6.61 Å². The lowest BCUT2D eigenvalue weighted by Crippen LogP contribution is -2.63. The molecule has 8 nitrogen and oxygen atoms in total. The molecule has 2 heterocycles. The summed E-state index contributed by atoms with van der Waals surface area (Å²) in [6, 6.07) is 6.65. The molecule has 0 aliphatic carbocycles. The van der Waals surface area contributed by atoms with Gasteiger partial charge in [-0.15, -0.1) is 0 Å². The molecule has 2 aliphatic heterocycles. The smallest absolute Gasteiger partial charge is 0.326 e. The molecule has 3 N–H and O–H groups in total. The number of likely N-dealkylation sites (tertiary alicyclic amines) is 1. The van der Waals surface area contributed by atoms with Crippen LogP contribution in [0.1, 0.15) is 38.2 Å². The molecule has 5 atom stereocenters. The van der Waals surface area contributed by atoms with E-state index in [1.54, 1.807) is 6.92 Å². The van der Waals surface area contributed by atoms with Gasteiger partial charge in [-0.25, -0.2) is 4.79 Å². The molecule has 164 valence electrons. The molecule has 2 saturated heterocycles. The number of nitrogens with zero attached hydrogens (tertiary/aromatic N) is 1. The fourth-order valence-corrected chi connectivity index (χ4v) is 4.54. The topological polar surface area (TPSA) is 116 Å². The van der Waals surface area contributed by atoms with E-state index in [0.717, 1.165) is 18.4 Å². The van der Waals surface area contributed by atoms with Crippen molar-refractivity contribution < 1.29 is 29.3 Å². The summed E-state index contributed by atoms with van der Waals surface area (Å²) in [5.74, 6) is -2.22. The van der Waals surface area contributed by atoms with Crippen LogP contribution in [0.2, 0.25) is 0 Å². The second-order valence-corrected chi connectivity index (χ2v) is 8.17. The van der Waals surface area contributed by atoms with Crippen LogP contribution in [0.5, 0.6) is 0 Å². The van der Waals surface area contributed by atoms with Crippen molar-refractivity contribution in [3.8, 4) is 0 Å². The number of ether oxygens (including phenoxy) is 1. The van der Waals surface area contributed by atoms with Crippen molar-refractivity contribution in [3.63, 3.8) is 0 Å². The van der Waals surface area contributed by atoms with Crippen LogP contribution in [0.3, 0.4) is 0 Å². The van der Waals surface area contributed by atoms with E-state index in [0.29, 0.717) is 32.5 Å². The van der Waals surface area contributed by atoms with Gasteiger partial charge in [0.05, 0.1) is 18.7 Å². The van der Waals surface area contributed by atoms with E-state index in [1.807, 2.05) is 30.3 Å². The van der Waals surface area contributed by atoms with Crippen LogP contribution < -0.4 is 5.32 Å². The lowest BCUT2D eigenvalue weighted by Gasteiger charge is -2.47. The maximum Gasteiger partial charge on any atom is 0.326 e. The number of amides is 1. The van der Waals surface area contributed by atoms with Gasteiger partial charge in [0.25, 0.3) is 0 Å². The molecule has 30 heavy (non-hydrogen) atoms. The Morgan fingerprint density at radius 1 is 1.17 bits per heavy atom. The Morgan fingerprint density at radius 2 is 1.90 bits per heavy atom. The number of fused-ring (bicyclic) bond motifs is 1. The third-order valence-corrected chi connectivity index (χ3v) is 6.19. The highest BCUT2D eigenvalue weighted by molar-refractivity contribution is 5.88. The molecule has 3 rings (SSSR count). The van der Waals surface area contributed by atoms with Crippen LogP contribution in [0.25, 0.3) is 0 Å². The van der Waals surface area contributed by atoms with Crippen molar-refractivity contribution in [1.29, 1.82) is 0 Å². The molecule has 0 spiro atoms. The fraction of sp³-hybridized carbons (Fsp3) is 0.591. The first-order valence-electron chi connectivity index (χ1n) is 10.5. The van der Waals surface area contributed by atoms with Crippen LogP contribution in [0.15, 0.2) is 30.3 Å². The largest absolute Gasteiger partial charge is 0.480 e. The summed E-state index contributed by atoms with van der Waals surface area (Å²) >= 11 is 0. The predicted molar refractivity (Wildman–Crippen MR) is 109 cm³/mol. The third-order valence-electron chi connectivity index (χ3n) is 6.19. The maximum absolute atomic E-state index is 13.3. The highest BCUT2D eigenvalue weighted by atomic mass is 16.5. The van der Waals surface area contributed by atoms with Crippen molar-refractivity contribution in [3.05, 3.63) is 35.9 Å². The van der Waals surface area contributed by atoms with Crippen molar-refractivity contribution in [1.82, 2.24) is 10.2 Å². The van der Waals surface area contributed by atoms with Crippen LogP contribution >= 0.6 is 0 Å². The molecule has 0 radical (unpaired) electrons. The third kappa shape index (κ3) is 5.17.